The highest BCUT2D eigenvalue weighted by Gasteiger charge is 2.46. The van der Waals surface area contributed by atoms with Crippen molar-refractivity contribution in [3.63, 3.8) is 0 Å². The van der Waals surface area contributed by atoms with Gasteiger partial charge in [0.1, 0.15) is 11.5 Å². The summed E-state index contributed by atoms with van der Waals surface area (Å²) in [5.41, 5.74) is 1.16. The van der Waals surface area contributed by atoms with E-state index >= 15 is 0 Å². The number of rotatable bonds is 14. The summed E-state index contributed by atoms with van der Waals surface area (Å²) in [6.07, 6.45) is 3.79. The zero-order valence-electron chi connectivity index (χ0n) is 24.4. The standard InChI is InChI=1S/C32H42N2O7/c1-4-6-7-19-41-26-14-11-24(22-27(26)38-3)29-28(30(35)23-9-12-25(13-10-23)40-5-2)31(36)32(37)34(29)16-8-15-33-17-20-39-21-18-33/h9-14,22,29,35H,4-8,15-21H2,1-3H3/b30-28+. The average Bonchev–Trinajstić information content (AvgIpc) is 3.25. The molecule has 2 aromatic carbocycles. The van der Waals surface area contributed by atoms with Gasteiger partial charge in [-0.05, 0) is 61.7 Å². The Balaban J connectivity index is 1.67. The van der Waals surface area contributed by atoms with Crippen LogP contribution in [0, 0.1) is 0 Å². The Morgan fingerprint density at radius 1 is 0.951 bits per heavy atom. The van der Waals surface area contributed by atoms with Crippen LogP contribution in [-0.4, -0.2) is 86.3 Å². The van der Waals surface area contributed by atoms with E-state index in [1.54, 1.807) is 42.3 Å². The number of carbonyl (C=O) groups excluding carboxylic acids is 2. The van der Waals surface area contributed by atoms with E-state index < -0.39 is 17.7 Å². The second-order valence-electron chi connectivity index (χ2n) is 10.2. The molecule has 2 saturated heterocycles. The van der Waals surface area contributed by atoms with Crippen molar-refractivity contribution < 1.29 is 33.6 Å². The highest BCUT2D eigenvalue weighted by atomic mass is 16.5. The molecule has 1 unspecified atom stereocenters. The van der Waals surface area contributed by atoms with Crippen molar-refractivity contribution in [2.45, 2.75) is 45.6 Å². The fourth-order valence-electron chi connectivity index (χ4n) is 5.29. The molecule has 9 heteroatoms. The summed E-state index contributed by atoms with van der Waals surface area (Å²) in [5.74, 6) is 0.228. The Morgan fingerprint density at radius 2 is 1.71 bits per heavy atom. The molecule has 41 heavy (non-hydrogen) atoms. The number of likely N-dealkylation sites (tertiary alicyclic amines) is 1. The number of benzene rings is 2. The van der Waals surface area contributed by atoms with E-state index in [-0.39, 0.29) is 11.3 Å². The molecule has 0 aromatic heterocycles. The van der Waals surface area contributed by atoms with Crippen molar-refractivity contribution in [2.75, 3.05) is 59.7 Å². The summed E-state index contributed by atoms with van der Waals surface area (Å²) in [7, 11) is 1.57. The third kappa shape index (κ3) is 7.40. The minimum Gasteiger partial charge on any atom is -0.507 e. The predicted molar refractivity (Wildman–Crippen MR) is 157 cm³/mol. The van der Waals surface area contributed by atoms with Crippen LogP contribution in [0.15, 0.2) is 48.0 Å². The Kier molecular flexibility index (Phi) is 11.0. The van der Waals surface area contributed by atoms with Gasteiger partial charge in [0.15, 0.2) is 11.5 Å². The molecule has 0 spiro atoms. The first kappa shape index (κ1) is 30.4. The molecule has 0 bridgehead atoms. The molecule has 222 valence electrons. The van der Waals surface area contributed by atoms with Crippen LogP contribution < -0.4 is 14.2 Å². The van der Waals surface area contributed by atoms with Crippen molar-refractivity contribution in [3.8, 4) is 17.2 Å². The largest absolute Gasteiger partial charge is 0.507 e. The molecule has 2 aliphatic heterocycles. The maximum absolute atomic E-state index is 13.5. The van der Waals surface area contributed by atoms with Gasteiger partial charge in [-0.2, -0.15) is 0 Å². The van der Waals surface area contributed by atoms with Crippen LogP contribution in [0.5, 0.6) is 17.2 Å². The van der Waals surface area contributed by atoms with E-state index in [9.17, 15) is 14.7 Å². The van der Waals surface area contributed by atoms with Gasteiger partial charge >= 0.3 is 0 Å². The number of ether oxygens (including phenoxy) is 4. The number of morpholine rings is 1. The number of nitrogens with zero attached hydrogens (tertiary/aromatic N) is 2. The van der Waals surface area contributed by atoms with E-state index in [0.29, 0.717) is 67.8 Å². The molecule has 4 rings (SSSR count). The van der Waals surface area contributed by atoms with Crippen LogP contribution >= 0.6 is 0 Å². The van der Waals surface area contributed by atoms with Crippen LogP contribution in [0.2, 0.25) is 0 Å². The Morgan fingerprint density at radius 3 is 2.39 bits per heavy atom. The number of unbranched alkanes of at least 4 members (excludes halogenated alkanes) is 2. The van der Waals surface area contributed by atoms with Crippen LogP contribution in [0.25, 0.3) is 5.76 Å². The van der Waals surface area contributed by atoms with Gasteiger partial charge in [-0.25, -0.2) is 0 Å². The summed E-state index contributed by atoms with van der Waals surface area (Å²) < 4.78 is 22.6. The smallest absolute Gasteiger partial charge is 0.295 e. The lowest BCUT2D eigenvalue weighted by molar-refractivity contribution is -0.140. The van der Waals surface area contributed by atoms with Crippen molar-refractivity contribution in [2.24, 2.45) is 0 Å². The minimum atomic E-state index is -0.769. The first-order valence-corrected chi connectivity index (χ1v) is 14.6. The molecule has 1 N–H and O–H groups in total. The monoisotopic (exact) mass is 566 g/mol. The fourth-order valence-corrected chi connectivity index (χ4v) is 5.29. The van der Waals surface area contributed by atoms with Crippen LogP contribution in [0.4, 0.5) is 0 Å². The van der Waals surface area contributed by atoms with E-state index in [1.807, 2.05) is 19.1 Å². The summed E-state index contributed by atoms with van der Waals surface area (Å²) in [6, 6.07) is 11.5. The van der Waals surface area contributed by atoms with Gasteiger partial charge in [0, 0.05) is 31.7 Å². The van der Waals surface area contributed by atoms with E-state index in [2.05, 4.69) is 11.8 Å². The van der Waals surface area contributed by atoms with Gasteiger partial charge in [0.2, 0.25) is 0 Å². The molecule has 0 aliphatic carbocycles. The van der Waals surface area contributed by atoms with Gasteiger partial charge < -0.3 is 29.0 Å². The Hall–Kier alpha value is -3.56. The number of hydrogen-bond donors (Lipinski definition) is 1. The molecular weight excluding hydrogens is 524 g/mol. The molecular formula is C32H42N2O7. The van der Waals surface area contributed by atoms with Crippen molar-refractivity contribution in [3.05, 3.63) is 59.2 Å². The summed E-state index contributed by atoms with van der Waals surface area (Å²) in [5, 5.41) is 11.4. The molecule has 0 radical (unpaired) electrons. The molecule has 2 heterocycles. The first-order valence-electron chi connectivity index (χ1n) is 14.6. The second kappa shape index (κ2) is 14.9. The lowest BCUT2D eigenvalue weighted by Gasteiger charge is -2.29. The number of Topliss-reactive ketones (excluding diaryl/α,β-unsaturated/α-hetero) is 1. The van der Waals surface area contributed by atoms with Crippen LogP contribution in [0.3, 0.4) is 0 Å². The van der Waals surface area contributed by atoms with Crippen molar-refractivity contribution >= 4 is 17.4 Å². The van der Waals surface area contributed by atoms with Crippen LogP contribution in [0.1, 0.15) is 56.7 Å². The summed E-state index contributed by atoms with van der Waals surface area (Å²) >= 11 is 0. The molecule has 2 aromatic rings. The highest BCUT2D eigenvalue weighted by Crippen LogP contribution is 2.42. The molecule has 0 saturated carbocycles. The molecule has 1 atom stereocenters. The number of methoxy groups -OCH3 is 1. The van der Waals surface area contributed by atoms with Gasteiger partial charge in [-0.15, -0.1) is 0 Å². The van der Waals surface area contributed by atoms with Crippen LogP contribution in [-0.2, 0) is 14.3 Å². The molecule has 2 fully saturated rings. The molecule has 2 aliphatic rings. The number of ketones is 1. The topological polar surface area (TPSA) is 97.8 Å². The van der Waals surface area contributed by atoms with Gasteiger partial charge in [0.05, 0.1) is 45.2 Å². The number of aliphatic hydroxyl groups excluding tert-OH is 1. The van der Waals surface area contributed by atoms with Crippen molar-refractivity contribution in [1.29, 1.82) is 0 Å². The normalized spacial score (nSPS) is 19.0. The Bertz CT molecular complexity index is 1210. The second-order valence-corrected chi connectivity index (χ2v) is 10.2. The summed E-state index contributed by atoms with van der Waals surface area (Å²) in [6.45, 7) is 9.34. The van der Waals surface area contributed by atoms with Gasteiger partial charge in [0.25, 0.3) is 11.7 Å². The predicted octanol–water partition coefficient (Wildman–Crippen LogP) is 4.81. The zero-order chi connectivity index (χ0) is 29.2. The molecule has 9 nitrogen and oxygen atoms in total. The fraction of sp³-hybridized carbons (Fsp3) is 0.500. The first-order chi connectivity index (χ1) is 20.0. The number of carbonyl (C=O) groups is 2. The van der Waals surface area contributed by atoms with Gasteiger partial charge in [-0.3, -0.25) is 14.5 Å². The third-order valence-electron chi connectivity index (χ3n) is 7.46. The maximum Gasteiger partial charge on any atom is 0.295 e. The number of amides is 1. The number of hydrogen-bond acceptors (Lipinski definition) is 8. The van der Waals surface area contributed by atoms with E-state index in [4.69, 9.17) is 18.9 Å². The highest BCUT2D eigenvalue weighted by molar-refractivity contribution is 6.46. The molecule has 1 amide bonds. The van der Waals surface area contributed by atoms with E-state index in [1.165, 1.54) is 0 Å². The zero-order valence-corrected chi connectivity index (χ0v) is 24.4. The maximum atomic E-state index is 13.5. The SMILES string of the molecule is CCCCCOc1ccc(C2/C(=C(\O)c3ccc(OCC)cc3)C(=O)C(=O)N2CCCN2CCOCC2)cc1OC. The minimum absolute atomic E-state index is 0.0594. The number of aliphatic hydroxyl groups is 1. The van der Waals surface area contributed by atoms with Gasteiger partial charge in [-0.1, -0.05) is 25.8 Å². The summed E-state index contributed by atoms with van der Waals surface area (Å²) in [4.78, 5) is 30.7. The third-order valence-corrected chi connectivity index (χ3v) is 7.46. The van der Waals surface area contributed by atoms with E-state index in [0.717, 1.165) is 38.9 Å². The lowest BCUT2D eigenvalue weighted by atomic mass is 9.95. The average molecular weight is 567 g/mol. The quantitative estimate of drug-likeness (QED) is 0.151. The van der Waals surface area contributed by atoms with Crippen molar-refractivity contribution in [1.82, 2.24) is 9.80 Å². The lowest BCUT2D eigenvalue weighted by Crippen LogP contribution is -2.39. The Labute approximate surface area is 242 Å².